The second kappa shape index (κ2) is 7.07. The lowest BCUT2D eigenvalue weighted by atomic mass is 10.1. The molecule has 0 spiro atoms. The molecule has 0 aliphatic carbocycles. The van der Waals surface area contributed by atoms with Crippen molar-refractivity contribution < 1.29 is 32.6 Å². The van der Waals surface area contributed by atoms with E-state index in [-0.39, 0.29) is 12.1 Å². The van der Waals surface area contributed by atoms with E-state index < -0.39 is 29.2 Å². The summed E-state index contributed by atoms with van der Waals surface area (Å²) in [6.45, 7) is 0.344. The van der Waals surface area contributed by atoms with Gasteiger partial charge in [-0.25, -0.2) is 4.79 Å². The molecule has 5 nitrogen and oxygen atoms in total. The largest absolute Gasteiger partial charge is 0.478 e. The first kappa shape index (κ1) is 17.0. The van der Waals surface area contributed by atoms with Gasteiger partial charge in [0, 0.05) is 25.8 Å². The number of halogens is 3. The number of carbonyl (C=O) groups excluding carboxylic acids is 1. The number of carboxylic acids is 1. The Kier molecular flexibility index (Phi) is 5.71. The van der Waals surface area contributed by atoms with E-state index in [0.29, 0.717) is 25.2 Å². The summed E-state index contributed by atoms with van der Waals surface area (Å²) >= 11 is 0. The van der Waals surface area contributed by atoms with Crippen molar-refractivity contribution in [1.82, 2.24) is 0 Å². The van der Waals surface area contributed by atoms with Crippen LogP contribution in [0.25, 0.3) is 0 Å². The highest BCUT2D eigenvalue weighted by atomic mass is 19.4. The molecule has 0 bridgehead atoms. The second-order valence-corrected chi connectivity index (χ2v) is 4.25. The van der Waals surface area contributed by atoms with Gasteiger partial charge in [-0.2, -0.15) is 13.2 Å². The number of benzene rings is 1. The number of rotatable bonds is 6. The maximum absolute atomic E-state index is 12.7. The highest BCUT2D eigenvalue weighted by Gasteiger charge is 2.32. The summed E-state index contributed by atoms with van der Waals surface area (Å²) in [5.41, 5.74) is -1.88. The summed E-state index contributed by atoms with van der Waals surface area (Å²) in [6, 6.07) is 2.19. The number of aromatic carboxylic acids is 1. The van der Waals surface area contributed by atoms with Crippen molar-refractivity contribution in [2.45, 2.75) is 19.0 Å². The molecule has 21 heavy (non-hydrogen) atoms. The maximum atomic E-state index is 12.7. The number of hydrogen-bond donors (Lipinski definition) is 2. The number of ether oxygens (including phenoxy) is 1. The minimum atomic E-state index is -4.69. The van der Waals surface area contributed by atoms with E-state index in [2.05, 4.69) is 5.32 Å². The van der Waals surface area contributed by atoms with E-state index in [1.165, 1.54) is 7.11 Å². The molecule has 0 aliphatic rings. The summed E-state index contributed by atoms with van der Waals surface area (Å²) < 4.78 is 42.8. The standard InChI is InChI=1S/C13H14F3NO4/c1-21-4-2-3-11(18)17-10-6-8(12(19)20)5-9(7-10)13(14,15)16/h5-7H,2-4H2,1H3,(H,17,18)(H,19,20). The fraction of sp³-hybridized carbons (Fsp3) is 0.385. The summed E-state index contributed by atoms with van der Waals surface area (Å²) in [5, 5.41) is 11.1. The highest BCUT2D eigenvalue weighted by molar-refractivity contribution is 5.94. The van der Waals surface area contributed by atoms with Gasteiger partial charge in [0.1, 0.15) is 0 Å². The van der Waals surface area contributed by atoms with Crippen LogP contribution in [0.4, 0.5) is 18.9 Å². The van der Waals surface area contributed by atoms with Crippen LogP contribution in [0.15, 0.2) is 18.2 Å². The Morgan fingerprint density at radius 1 is 1.29 bits per heavy atom. The zero-order chi connectivity index (χ0) is 16.0. The van der Waals surface area contributed by atoms with E-state index in [1.807, 2.05) is 0 Å². The molecule has 0 aliphatic heterocycles. The summed E-state index contributed by atoms with van der Waals surface area (Å²) in [5.74, 6) is -2.02. The molecule has 0 heterocycles. The molecule has 0 aromatic heterocycles. The van der Waals surface area contributed by atoms with Gasteiger partial charge in [-0.1, -0.05) is 0 Å². The first-order valence-corrected chi connectivity index (χ1v) is 5.98. The fourth-order valence-electron chi connectivity index (χ4n) is 1.59. The SMILES string of the molecule is COCCCC(=O)Nc1cc(C(=O)O)cc(C(F)(F)F)c1. The number of nitrogens with one attached hydrogen (secondary N) is 1. The molecular weight excluding hydrogens is 291 g/mol. The second-order valence-electron chi connectivity index (χ2n) is 4.25. The zero-order valence-electron chi connectivity index (χ0n) is 11.2. The quantitative estimate of drug-likeness (QED) is 0.792. The summed E-state index contributed by atoms with van der Waals surface area (Å²) in [4.78, 5) is 22.4. The smallest absolute Gasteiger partial charge is 0.416 e. The Bertz CT molecular complexity index is 529. The number of methoxy groups -OCH3 is 1. The molecule has 1 amide bonds. The average molecular weight is 305 g/mol. The van der Waals surface area contributed by atoms with Gasteiger partial charge < -0.3 is 15.2 Å². The van der Waals surface area contributed by atoms with Crippen LogP contribution in [0.5, 0.6) is 0 Å². The van der Waals surface area contributed by atoms with Crippen molar-refractivity contribution in [1.29, 1.82) is 0 Å². The van der Waals surface area contributed by atoms with Crippen molar-refractivity contribution in [3.8, 4) is 0 Å². The Balaban J connectivity index is 2.93. The zero-order valence-corrected chi connectivity index (χ0v) is 11.2. The van der Waals surface area contributed by atoms with Gasteiger partial charge in [-0.15, -0.1) is 0 Å². The lowest BCUT2D eigenvalue weighted by Crippen LogP contribution is -2.14. The van der Waals surface area contributed by atoms with Crippen LogP contribution in [-0.4, -0.2) is 30.7 Å². The van der Waals surface area contributed by atoms with Crippen molar-refractivity contribution in [3.63, 3.8) is 0 Å². The molecular formula is C13H14F3NO4. The number of carboxylic acid groups (broad SMARTS) is 1. The molecule has 0 atom stereocenters. The molecule has 0 radical (unpaired) electrons. The van der Waals surface area contributed by atoms with E-state index in [9.17, 15) is 22.8 Å². The first-order chi connectivity index (χ1) is 9.74. The number of hydrogen-bond acceptors (Lipinski definition) is 3. The van der Waals surface area contributed by atoms with Crippen LogP contribution in [0, 0.1) is 0 Å². The summed E-state index contributed by atoms with van der Waals surface area (Å²) in [6.07, 6.45) is -4.22. The monoisotopic (exact) mass is 305 g/mol. The Labute approximate surface area is 118 Å². The van der Waals surface area contributed by atoms with Gasteiger partial charge >= 0.3 is 12.1 Å². The predicted molar refractivity (Wildman–Crippen MR) is 68.1 cm³/mol. The molecule has 0 saturated carbocycles. The Morgan fingerprint density at radius 2 is 1.95 bits per heavy atom. The lowest BCUT2D eigenvalue weighted by Gasteiger charge is -2.11. The van der Waals surface area contributed by atoms with Gasteiger partial charge in [0.25, 0.3) is 0 Å². The van der Waals surface area contributed by atoms with Crippen LogP contribution in [0.1, 0.15) is 28.8 Å². The number of anilines is 1. The van der Waals surface area contributed by atoms with Gasteiger partial charge in [0.15, 0.2) is 0 Å². The van der Waals surface area contributed by atoms with Gasteiger partial charge in [-0.05, 0) is 24.6 Å². The molecule has 0 saturated heterocycles. The van der Waals surface area contributed by atoms with Crippen molar-refractivity contribution in [2.24, 2.45) is 0 Å². The number of carbonyl (C=O) groups is 2. The van der Waals surface area contributed by atoms with Crippen molar-refractivity contribution in [3.05, 3.63) is 29.3 Å². The average Bonchev–Trinajstić information content (AvgIpc) is 2.37. The molecule has 116 valence electrons. The van der Waals surface area contributed by atoms with Crippen molar-refractivity contribution >= 4 is 17.6 Å². The molecule has 1 aromatic carbocycles. The van der Waals surface area contributed by atoms with Crippen LogP contribution in [0.2, 0.25) is 0 Å². The van der Waals surface area contributed by atoms with Crippen molar-refractivity contribution in [2.75, 3.05) is 19.0 Å². The molecule has 8 heteroatoms. The third kappa shape index (κ3) is 5.42. The van der Waals surface area contributed by atoms with Gasteiger partial charge in [0.2, 0.25) is 5.91 Å². The summed E-state index contributed by atoms with van der Waals surface area (Å²) in [7, 11) is 1.46. The van der Waals surface area contributed by atoms with E-state index in [0.717, 1.165) is 6.07 Å². The molecule has 2 N–H and O–H groups in total. The normalized spacial score (nSPS) is 11.2. The van der Waals surface area contributed by atoms with E-state index >= 15 is 0 Å². The third-order valence-corrected chi connectivity index (χ3v) is 2.54. The Morgan fingerprint density at radius 3 is 2.48 bits per heavy atom. The molecule has 0 fully saturated rings. The minimum Gasteiger partial charge on any atom is -0.478 e. The number of alkyl halides is 3. The first-order valence-electron chi connectivity index (χ1n) is 5.98. The van der Waals surface area contributed by atoms with Crippen LogP contribution < -0.4 is 5.32 Å². The molecule has 0 unspecified atom stereocenters. The van der Waals surface area contributed by atoms with Crippen LogP contribution in [0.3, 0.4) is 0 Å². The van der Waals surface area contributed by atoms with Gasteiger partial charge in [0.05, 0.1) is 11.1 Å². The van der Waals surface area contributed by atoms with E-state index in [1.54, 1.807) is 0 Å². The van der Waals surface area contributed by atoms with Crippen LogP contribution >= 0.6 is 0 Å². The highest BCUT2D eigenvalue weighted by Crippen LogP contribution is 2.32. The molecule has 1 rings (SSSR count). The maximum Gasteiger partial charge on any atom is 0.416 e. The molecule has 1 aromatic rings. The third-order valence-electron chi connectivity index (χ3n) is 2.54. The Hall–Kier alpha value is -2.09. The predicted octanol–water partition coefficient (Wildman–Crippen LogP) is 2.77. The van der Waals surface area contributed by atoms with Crippen LogP contribution in [-0.2, 0) is 15.7 Å². The fourth-order valence-corrected chi connectivity index (χ4v) is 1.59. The lowest BCUT2D eigenvalue weighted by molar-refractivity contribution is -0.137. The van der Waals surface area contributed by atoms with Gasteiger partial charge in [-0.3, -0.25) is 4.79 Å². The minimum absolute atomic E-state index is 0.0620. The number of amides is 1. The topological polar surface area (TPSA) is 75.6 Å². The van der Waals surface area contributed by atoms with E-state index in [4.69, 9.17) is 9.84 Å².